The minimum Gasteiger partial charge on any atom is -0.479 e. The van der Waals surface area contributed by atoms with Crippen LogP contribution in [0.3, 0.4) is 0 Å². The van der Waals surface area contributed by atoms with Crippen molar-refractivity contribution in [2.24, 2.45) is 5.92 Å². The molecule has 11 nitrogen and oxygen atoms in total. The molecule has 5 rings (SSSR count). The summed E-state index contributed by atoms with van der Waals surface area (Å²) in [5, 5.41) is 33.4. The number of hydrogen-bond donors (Lipinski definition) is 4. The summed E-state index contributed by atoms with van der Waals surface area (Å²) in [6.07, 6.45) is 5.06. The number of carboxylic acids is 2. The van der Waals surface area contributed by atoms with E-state index in [0.717, 1.165) is 62.1 Å². The number of aliphatic hydroxyl groups is 2. The third-order valence-electron chi connectivity index (χ3n) is 7.09. The molecule has 1 amide bonds. The fraction of sp³-hybridized carbons (Fsp3) is 0.739. The summed E-state index contributed by atoms with van der Waals surface area (Å²) in [5.74, 6) is -2.88. The lowest BCUT2D eigenvalue weighted by atomic mass is 9.84. The molecule has 4 aliphatic rings. The average Bonchev–Trinajstić information content (AvgIpc) is 3.57. The summed E-state index contributed by atoms with van der Waals surface area (Å²) >= 11 is 1.67. The number of hydrogen-bond acceptors (Lipinski definition) is 9. The van der Waals surface area contributed by atoms with Gasteiger partial charge in [-0.1, -0.05) is 17.8 Å². The van der Waals surface area contributed by atoms with Crippen LogP contribution in [0.1, 0.15) is 55.5 Å². The second kappa shape index (κ2) is 11.2. The number of nitrogens with zero attached hydrogens (tertiary/aromatic N) is 3. The van der Waals surface area contributed by atoms with Gasteiger partial charge in [0.1, 0.15) is 6.10 Å². The quantitative estimate of drug-likeness (QED) is 0.410. The van der Waals surface area contributed by atoms with E-state index < -0.39 is 24.1 Å². The third kappa shape index (κ3) is 6.49. The van der Waals surface area contributed by atoms with Crippen LogP contribution in [0.15, 0.2) is 0 Å². The van der Waals surface area contributed by atoms with Gasteiger partial charge in [0, 0.05) is 38.0 Å². The second-order valence-electron chi connectivity index (χ2n) is 9.64. The fourth-order valence-electron chi connectivity index (χ4n) is 4.53. The lowest BCUT2D eigenvalue weighted by Gasteiger charge is -2.33. The first-order valence-corrected chi connectivity index (χ1v) is 13.0. The maximum absolute atomic E-state index is 12.5. The van der Waals surface area contributed by atoms with E-state index in [1.165, 1.54) is 37.2 Å². The zero-order valence-corrected chi connectivity index (χ0v) is 20.4. The van der Waals surface area contributed by atoms with Crippen molar-refractivity contribution in [1.82, 2.24) is 14.8 Å². The molecule has 1 saturated heterocycles. The second-order valence-corrected chi connectivity index (χ2v) is 10.7. The maximum Gasteiger partial charge on any atom is 0.335 e. The van der Waals surface area contributed by atoms with Gasteiger partial charge in [0.2, 0.25) is 5.91 Å². The van der Waals surface area contributed by atoms with Crippen molar-refractivity contribution in [3.8, 4) is 5.19 Å². The zero-order chi connectivity index (χ0) is 25.1. The van der Waals surface area contributed by atoms with Crippen LogP contribution < -0.4 is 4.74 Å². The number of rotatable bonds is 7. The smallest absolute Gasteiger partial charge is 0.335 e. The van der Waals surface area contributed by atoms with Crippen LogP contribution in [0.4, 0.5) is 0 Å². The van der Waals surface area contributed by atoms with Gasteiger partial charge >= 0.3 is 11.9 Å². The lowest BCUT2D eigenvalue weighted by Crippen LogP contribution is -2.41. The van der Waals surface area contributed by atoms with E-state index in [1.807, 2.05) is 4.90 Å². The summed E-state index contributed by atoms with van der Waals surface area (Å²) in [4.78, 5) is 42.7. The Kier molecular flexibility index (Phi) is 8.25. The number of carbonyl (C=O) groups is 3. The van der Waals surface area contributed by atoms with Crippen LogP contribution >= 0.6 is 11.3 Å². The summed E-state index contributed by atoms with van der Waals surface area (Å²) < 4.78 is 6.21. The van der Waals surface area contributed by atoms with E-state index in [0.29, 0.717) is 17.9 Å². The first-order chi connectivity index (χ1) is 16.7. The van der Waals surface area contributed by atoms with Crippen molar-refractivity contribution in [3.05, 3.63) is 10.6 Å². The number of aliphatic hydroxyl groups excluding tert-OH is 2. The molecule has 12 heteroatoms. The first-order valence-electron chi connectivity index (χ1n) is 12.2. The number of ether oxygens (including phenoxy) is 1. The van der Waals surface area contributed by atoms with Crippen LogP contribution in [-0.2, 0) is 27.3 Å². The Hall–Kier alpha value is -2.28. The highest BCUT2D eigenvalue weighted by atomic mass is 32.1. The number of carboxylic acid groups (broad SMARTS) is 2. The molecular weight excluding hydrogens is 478 g/mol. The van der Waals surface area contributed by atoms with Crippen molar-refractivity contribution in [2.75, 3.05) is 19.6 Å². The molecular formula is C23H33N3O8S. The largest absolute Gasteiger partial charge is 0.479 e. The number of likely N-dealkylation sites (tertiary alicyclic amines) is 1. The predicted molar refractivity (Wildman–Crippen MR) is 124 cm³/mol. The SMILES string of the molecule is O=C(C1CCC1)N1CCc2nc(OC3CCN(C4CC4)CC3)sc2C1.O=C(O)C(O)C(O)C(=O)O. The van der Waals surface area contributed by atoms with Crippen LogP contribution in [0.5, 0.6) is 5.19 Å². The Morgan fingerprint density at radius 3 is 2.09 bits per heavy atom. The molecule has 0 radical (unpaired) electrons. The van der Waals surface area contributed by atoms with E-state index in [2.05, 4.69) is 4.90 Å². The van der Waals surface area contributed by atoms with Crippen molar-refractivity contribution in [2.45, 2.75) is 82.3 Å². The van der Waals surface area contributed by atoms with E-state index >= 15 is 0 Å². The molecule has 1 aromatic rings. The summed E-state index contributed by atoms with van der Waals surface area (Å²) in [5.41, 5.74) is 1.16. The minimum absolute atomic E-state index is 0.293. The van der Waals surface area contributed by atoms with Crippen LogP contribution in [0.25, 0.3) is 0 Å². The molecule has 2 unspecified atom stereocenters. The van der Waals surface area contributed by atoms with Gasteiger partial charge in [0.05, 0.1) is 17.1 Å². The Morgan fingerprint density at radius 2 is 1.57 bits per heavy atom. The summed E-state index contributed by atoms with van der Waals surface area (Å²) in [7, 11) is 0. The van der Waals surface area contributed by atoms with Gasteiger partial charge in [-0.2, -0.15) is 0 Å². The molecule has 2 saturated carbocycles. The van der Waals surface area contributed by atoms with Crippen LogP contribution in [-0.4, -0.2) is 97.0 Å². The van der Waals surface area contributed by atoms with E-state index in [-0.39, 0.29) is 0 Å². The van der Waals surface area contributed by atoms with Crippen molar-refractivity contribution >= 4 is 29.2 Å². The molecule has 4 N–H and O–H groups in total. The van der Waals surface area contributed by atoms with Gasteiger partial charge in [-0.3, -0.25) is 4.79 Å². The number of thiazole rings is 1. The molecule has 35 heavy (non-hydrogen) atoms. The molecule has 194 valence electrons. The normalized spacial score (nSPS) is 22.7. The Bertz CT molecular complexity index is 906. The highest BCUT2D eigenvalue weighted by Crippen LogP contribution is 2.35. The monoisotopic (exact) mass is 511 g/mol. The Balaban J connectivity index is 0.000000248. The molecule has 0 aromatic carbocycles. The standard InChI is InChI=1S/C19H27N3O2S.C4H6O6/c23-18(13-2-1-3-13)22-11-8-16-17(12-22)25-19(20-16)24-15-6-9-21(10-7-15)14-4-5-14;5-1(3(7)8)2(6)4(9)10/h13-15H,1-12H2;1-2,5-6H,(H,7,8)(H,9,10). The van der Waals surface area contributed by atoms with Crippen molar-refractivity contribution in [3.63, 3.8) is 0 Å². The molecule has 2 aliphatic carbocycles. The van der Waals surface area contributed by atoms with Gasteiger partial charge in [0.15, 0.2) is 12.2 Å². The summed E-state index contributed by atoms with van der Waals surface area (Å²) in [6, 6.07) is 0.868. The number of fused-ring (bicyclic) bond motifs is 1. The van der Waals surface area contributed by atoms with Gasteiger partial charge in [-0.15, -0.1) is 0 Å². The van der Waals surface area contributed by atoms with Crippen molar-refractivity contribution in [1.29, 1.82) is 0 Å². The molecule has 0 bridgehead atoms. The summed E-state index contributed by atoms with van der Waals surface area (Å²) in [6.45, 7) is 3.91. The molecule has 2 aliphatic heterocycles. The highest BCUT2D eigenvalue weighted by Gasteiger charge is 2.34. The maximum atomic E-state index is 12.5. The van der Waals surface area contributed by atoms with Gasteiger partial charge in [-0.05, 0) is 38.5 Å². The Labute approximate surface area is 207 Å². The van der Waals surface area contributed by atoms with Crippen LogP contribution in [0, 0.1) is 5.92 Å². The third-order valence-corrected chi connectivity index (χ3v) is 8.06. The van der Waals surface area contributed by atoms with Gasteiger partial charge in [-0.25, -0.2) is 14.6 Å². The molecule has 3 heterocycles. The average molecular weight is 512 g/mol. The van der Waals surface area contributed by atoms with E-state index in [9.17, 15) is 14.4 Å². The molecule has 2 atom stereocenters. The van der Waals surface area contributed by atoms with Gasteiger partial charge < -0.3 is 35.0 Å². The number of carbonyl (C=O) groups excluding carboxylic acids is 1. The van der Waals surface area contributed by atoms with E-state index in [1.54, 1.807) is 11.3 Å². The van der Waals surface area contributed by atoms with Crippen molar-refractivity contribution < 1.29 is 39.5 Å². The predicted octanol–water partition coefficient (Wildman–Crippen LogP) is 0.711. The fourth-order valence-corrected chi connectivity index (χ4v) is 5.57. The number of piperidine rings is 1. The number of amides is 1. The first kappa shape index (κ1) is 25.8. The van der Waals surface area contributed by atoms with E-state index in [4.69, 9.17) is 30.1 Å². The van der Waals surface area contributed by atoms with Gasteiger partial charge in [0.25, 0.3) is 5.19 Å². The zero-order valence-electron chi connectivity index (χ0n) is 19.5. The topological polar surface area (TPSA) is 161 Å². The lowest BCUT2D eigenvalue weighted by molar-refractivity contribution is -0.165. The molecule has 3 fully saturated rings. The Morgan fingerprint density at radius 1 is 0.943 bits per heavy atom. The van der Waals surface area contributed by atoms with Crippen LogP contribution in [0.2, 0.25) is 0 Å². The number of aromatic nitrogens is 1. The minimum atomic E-state index is -2.27. The molecule has 1 aromatic heterocycles. The highest BCUT2D eigenvalue weighted by molar-refractivity contribution is 7.13. The number of aliphatic carboxylic acids is 2. The molecule has 0 spiro atoms.